The lowest BCUT2D eigenvalue weighted by Crippen LogP contribution is -2.66. The van der Waals surface area contributed by atoms with Crippen LogP contribution in [0.3, 0.4) is 0 Å². The van der Waals surface area contributed by atoms with Gasteiger partial charge >= 0.3 is 11.9 Å². The average molecular weight is 695 g/mol. The molecule has 0 spiro atoms. The minimum absolute atomic E-state index is 0.0336. The van der Waals surface area contributed by atoms with E-state index in [0.717, 1.165) is 77.7 Å². The van der Waals surface area contributed by atoms with E-state index in [2.05, 4.69) is 71.0 Å². The zero-order chi connectivity index (χ0) is 36.7. The van der Waals surface area contributed by atoms with E-state index in [1.807, 2.05) is 0 Å². The number of likely N-dealkylation sites (N-methyl/N-ethyl adjacent to an activating group) is 1. The summed E-state index contributed by atoms with van der Waals surface area (Å²) in [7, 11) is 2.20. The van der Waals surface area contributed by atoms with Gasteiger partial charge in [-0.3, -0.25) is 14.5 Å². The van der Waals surface area contributed by atoms with Crippen LogP contribution in [0.1, 0.15) is 126 Å². The molecule has 5 fully saturated rings. The molecule has 0 radical (unpaired) electrons. The molecule has 1 saturated heterocycles. The number of rotatable bonds is 9. The molecule has 7 nitrogen and oxygen atoms in total. The van der Waals surface area contributed by atoms with Gasteiger partial charge in [0.1, 0.15) is 6.10 Å². The number of hydrogen-bond donors (Lipinski definition) is 2. The van der Waals surface area contributed by atoms with Gasteiger partial charge in [-0.2, -0.15) is 0 Å². The lowest BCUT2D eigenvalue weighted by Gasteiger charge is -2.72. The van der Waals surface area contributed by atoms with Gasteiger partial charge in [0.25, 0.3) is 0 Å². The third-order valence-corrected chi connectivity index (χ3v) is 16.7. The van der Waals surface area contributed by atoms with E-state index in [0.29, 0.717) is 23.7 Å². The molecule has 6 rings (SSSR count). The van der Waals surface area contributed by atoms with Gasteiger partial charge in [0.15, 0.2) is 0 Å². The maximum Gasteiger partial charge on any atom is 0.309 e. The van der Waals surface area contributed by atoms with Crippen molar-refractivity contribution in [3.63, 3.8) is 0 Å². The maximum absolute atomic E-state index is 13.1. The molecule has 0 amide bonds. The molecule has 4 saturated carbocycles. The largest absolute Gasteiger partial charge is 0.481 e. The molecular weight excluding hydrogens is 624 g/mol. The van der Waals surface area contributed by atoms with Crippen molar-refractivity contribution < 1.29 is 24.5 Å². The number of fused-ring (bicyclic) bond motifs is 7. The number of piperazine rings is 1. The summed E-state index contributed by atoms with van der Waals surface area (Å²) >= 11 is 0. The quantitative estimate of drug-likeness (QED) is 0.187. The third kappa shape index (κ3) is 5.68. The van der Waals surface area contributed by atoms with E-state index >= 15 is 0 Å². The Labute approximate surface area is 303 Å². The van der Waals surface area contributed by atoms with Crippen molar-refractivity contribution in [3.8, 4) is 0 Å². The molecule has 6 aliphatic rings. The Bertz CT molecular complexity index is 1380. The summed E-state index contributed by atoms with van der Waals surface area (Å²) < 4.78 is 6.20. The Morgan fingerprint density at radius 2 is 1.62 bits per heavy atom. The molecule has 1 heterocycles. The van der Waals surface area contributed by atoms with Crippen molar-refractivity contribution in [1.29, 1.82) is 0 Å². The zero-order valence-electron chi connectivity index (χ0n) is 33.1. The molecule has 0 bridgehead atoms. The smallest absolute Gasteiger partial charge is 0.309 e. The van der Waals surface area contributed by atoms with Gasteiger partial charge in [0, 0.05) is 43.6 Å². The molecule has 0 aromatic rings. The second kappa shape index (κ2) is 13.0. The molecule has 50 heavy (non-hydrogen) atoms. The van der Waals surface area contributed by atoms with Crippen LogP contribution in [0.4, 0.5) is 0 Å². The highest BCUT2D eigenvalue weighted by Crippen LogP contribution is 2.77. The number of hydrogen-bond acceptors (Lipinski definition) is 6. The van der Waals surface area contributed by atoms with Crippen LogP contribution in [-0.2, 0) is 14.3 Å². The fraction of sp³-hybridized carbons (Fsp3) is 0.860. The number of ether oxygens (including phenoxy) is 1. The minimum atomic E-state index is -1.15. The number of carbonyl (C=O) groups is 2. The van der Waals surface area contributed by atoms with Gasteiger partial charge in [-0.05, 0) is 125 Å². The second-order valence-electron chi connectivity index (χ2n) is 20.0. The van der Waals surface area contributed by atoms with Gasteiger partial charge in [-0.15, -0.1) is 6.58 Å². The first-order valence-corrected chi connectivity index (χ1v) is 20.2. The Morgan fingerprint density at radius 3 is 2.24 bits per heavy atom. The van der Waals surface area contributed by atoms with E-state index in [-0.39, 0.29) is 45.7 Å². The number of aliphatic hydroxyl groups is 1. The van der Waals surface area contributed by atoms with Crippen molar-refractivity contribution >= 4 is 11.9 Å². The summed E-state index contributed by atoms with van der Waals surface area (Å²) in [6.07, 6.45) is 12.5. The number of esters is 1. The number of nitrogens with zero attached hydrogens (tertiary/aromatic N) is 2. The zero-order valence-corrected chi connectivity index (χ0v) is 33.1. The summed E-state index contributed by atoms with van der Waals surface area (Å²) in [6.45, 7) is 27.5. The van der Waals surface area contributed by atoms with Crippen LogP contribution in [0.2, 0.25) is 0 Å². The van der Waals surface area contributed by atoms with Gasteiger partial charge in [0.2, 0.25) is 0 Å². The number of aliphatic carboxylic acids is 1. The number of β-amino-alcohol motifs (C(OH)–C–C–N with tert-alkyl or cyclic N) is 1. The predicted molar refractivity (Wildman–Crippen MR) is 199 cm³/mol. The van der Waals surface area contributed by atoms with Crippen LogP contribution in [0.5, 0.6) is 0 Å². The first-order valence-electron chi connectivity index (χ1n) is 20.2. The molecule has 9 atom stereocenters. The lowest BCUT2D eigenvalue weighted by molar-refractivity contribution is -0.226. The highest BCUT2D eigenvalue weighted by molar-refractivity contribution is 5.81. The van der Waals surface area contributed by atoms with Crippen LogP contribution in [0.15, 0.2) is 23.8 Å². The SMILES string of the molecule is C=C[C@]12CC[C@H](OC(=O)CC(C)(C)C(=O)O)C(C)(C)[C@@H]1CC[C@]1(C)[C@@H]2CC[C@@H]2C3=C(C(C)C)CC[C@]3(C(O)CN3CCN(C)CC3)CC[C@]21C. The van der Waals surface area contributed by atoms with Crippen LogP contribution < -0.4 is 0 Å². The average Bonchev–Trinajstić information content (AvgIpc) is 3.45. The van der Waals surface area contributed by atoms with Crippen molar-refractivity contribution in [2.75, 3.05) is 39.8 Å². The van der Waals surface area contributed by atoms with Crippen molar-refractivity contribution in [2.24, 2.45) is 56.2 Å². The summed E-state index contributed by atoms with van der Waals surface area (Å²) in [5.74, 6) is 0.474. The summed E-state index contributed by atoms with van der Waals surface area (Å²) in [5.41, 5.74) is 2.09. The molecule has 2 N–H and O–H groups in total. The number of carbonyl (C=O) groups excluding carboxylic acids is 1. The monoisotopic (exact) mass is 695 g/mol. The first kappa shape index (κ1) is 38.0. The Balaban J connectivity index is 1.28. The summed E-state index contributed by atoms with van der Waals surface area (Å²) in [4.78, 5) is 29.8. The Morgan fingerprint density at radius 1 is 0.940 bits per heavy atom. The minimum Gasteiger partial charge on any atom is -0.481 e. The van der Waals surface area contributed by atoms with Gasteiger partial charge < -0.3 is 19.8 Å². The standard InChI is InChI=1S/C43H70N2O5/c1-11-42-19-16-34(50-35(47)26-38(4,5)37(48)49)39(6,7)31(42)15-17-41(9)32(42)13-12-30-36-29(28(2)3)14-18-43(36,21-20-40(30,41)8)33(46)27-45-24-22-44(10)23-25-45/h11,28,30-34,46H,1,12-27H2,2-10H3,(H,48,49)/t30-,31+,32+,33?,34+,40-,41-,42+,43-/m1/s1. The molecule has 0 aromatic carbocycles. The first-order chi connectivity index (χ1) is 23.3. The Hall–Kier alpha value is -1.70. The summed E-state index contributed by atoms with van der Waals surface area (Å²) in [5, 5.41) is 22.0. The number of aliphatic hydroxyl groups excluding tert-OH is 1. The van der Waals surface area contributed by atoms with Gasteiger partial charge in [0.05, 0.1) is 17.9 Å². The van der Waals surface area contributed by atoms with E-state index < -0.39 is 17.4 Å². The van der Waals surface area contributed by atoms with Gasteiger partial charge in [-0.1, -0.05) is 58.8 Å². The normalized spacial score (nSPS) is 41.1. The molecule has 5 aliphatic carbocycles. The number of allylic oxidation sites excluding steroid dienone is 2. The predicted octanol–water partition coefficient (Wildman–Crippen LogP) is 7.98. The fourth-order valence-electron chi connectivity index (χ4n) is 13.4. The van der Waals surface area contributed by atoms with E-state index in [4.69, 9.17) is 4.74 Å². The van der Waals surface area contributed by atoms with E-state index in [1.54, 1.807) is 25.0 Å². The number of carboxylic acids is 1. The van der Waals surface area contributed by atoms with Crippen molar-refractivity contribution in [2.45, 2.75) is 138 Å². The second-order valence-corrected chi connectivity index (χ2v) is 20.0. The lowest BCUT2D eigenvalue weighted by atomic mass is 9.32. The summed E-state index contributed by atoms with van der Waals surface area (Å²) in [6, 6.07) is 0. The van der Waals surface area contributed by atoms with Crippen LogP contribution in [-0.4, -0.2) is 83.9 Å². The van der Waals surface area contributed by atoms with Crippen molar-refractivity contribution in [3.05, 3.63) is 23.8 Å². The molecule has 0 aromatic heterocycles. The van der Waals surface area contributed by atoms with E-state index in [1.165, 1.54) is 19.3 Å². The Kier molecular flexibility index (Phi) is 9.89. The van der Waals surface area contributed by atoms with Crippen molar-refractivity contribution in [1.82, 2.24) is 9.80 Å². The molecule has 282 valence electrons. The molecular formula is C43H70N2O5. The maximum atomic E-state index is 13.1. The number of carboxylic acid groups (broad SMARTS) is 1. The molecule has 1 aliphatic heterocycles. The van der Waals surface area contributed by atoms with Crippen LogP contribution in [0, 0.1) is 56.2 Å². The van der Waals surface area contributed by atoms with E-state index in [9.17, 15) is 19.8 Å². The highest BCUT2D eigenvalue weighted by atomic mass is 16.5. The highest BCUT2D eigenvalue weighted by Gasteiger charge is 2.70. The molecule has 7 heteroatoms. The van der Waals surface area contributed by atoms with Gasteiger partial charge in [-0.25, -0.2) is 0 Å². The fourth-order valence-corrected chi connectivity index (χ4v) is 13.4. The van der Waals surface area contributed by atoms with Crippen LogP contribution >= 0.6 is 0 Å². The molecule has 1 unspecified atom stereocenters. The topological polar surface area (TPSA) is 90.3 Å². The third-order valence-electron chi connectivity index (χ3n) is 16.7. The van der Waals surface area contributed by atoms with Crippen LogP contribution in [0.25, 0.3) is 0 Å².